The maximum atomic E-state index is 13.2. The third-order valence-corrected chi connectivity index (χ3v) is 5.46. The monoisotopic (exact) mass is 469 g/mol. The Labute approximate surface area is 199 Å². The van der Waals surface area contributed by atoms with Gasteiger partial charge in [-0.2, -0.15) is 0 Å². The lowest BCUT2D eigenvalue weighted by Crippen LogP contribution is -2.46. The van der Waals surface area contributed by atoms with Crippen LogP contribution < -0.4 is 14.4 Å². The molecule has 0 aliphatic carbocycles. The summed E-state index contributed by atoms with van der Waals surface area (Å²) in [6.07, 6.45) is 0.436. The van der Waals surface area contributed by atoms with Gasteiger partial charge in [0.05, 0.1) is 26.2 Å². The van der Waals surface area contributed by atoms with Crippen LogP contribution >= 0.6 is 0 Å². The third kappa shape index (κ3) is 5.87. The van der Waals surface area contributed by atoms with Crippen LogP contribution in [0.4, 0.5) is 5.69 Å². The molecule has 1 amide bonds. The number of para-hydroxylation sites is 1. The first kappa shape index (κ1) is 25.1. The summed E-state index contributed by atoms with van der Waals surface area (Å²) < 4.78 is 21.4. The fourth-order valence-corrected chi connectivity index (χ4v) is 4.06. The number of ether oxygens (including phenoxy) is 4. The topological polar surface area (TPSA) is 91.4 Å². The molecule has 0 bridgehead atoms. The number of hydrogen-bond donors (Lipinski definition) is 0. The van der Waals surface area contributed by atoms with Crippen LogP contribution in [0.3, 0.4) is 0 Å². The highest BCUT2D eigenvalue weighted by Crippen LogP contribution is 2.43. The number of carbonyl (C=O) groups is 3. The number of carbonyl (C=O) groups excluding carboxylic acids is 3. The molecule has 2 unspecified atom stereocenters. The molecule has 8 nitrogen and oxygen atoms in total. The van der Waals surface area contributed by atoms with Crippen molar-refractivity contribution in [1.82, 2.24) is 0 Å². The predicted octanol–water partition coefficient (Wildman–Crippen LogP) is 4.07. The molecule has 1 heterocycles. The van der Waals surface area contributed by atoms with Crippen LogP contribution in [0, 0.1) is 5.92 Å². The molecule has 34 heavy (non-hydrogen) atoms. The summed E-state index contributed by atoms with van der Waals surface area (Å²) >= 11 is 0. The van der Waals surface area contributed by atoms with Crippen LogP contribution in [0.2, 0.25) is 0 Å². The number of hydrogen-bond acceptors (Lipinski definition) is 7. The molecule has 1 aliphatic rings. The average Bonchev–Trinajstić information content (AvgIpc) is 2.81. The molecular formula is C26H31NO7. The molecule has 1 saturated heterocycles. The van der Waals surface area contributed by atoms with Crippen molar-refractivity contribution in [1.29, 1.82) is 0 Å². The maximum Gasteiger partial charge on any atom is 0.344 e. The van der Waals surface area contributed by atoms with Gasteiger partial charge in [0.1, 0.15) is 17.1 Å². The Bertz CT molecular complexity index is 1030. The second-order valence-corrected chi connectivity index (χ2v) is 8.99. The summed E-state index contributed by atoms with van der Waals surface area (Å²) in [6, 6.07) is 13.6. The number of piperidine rings is 1. The van der Waals surface area contributed by atoms with E-state index in [1.165, 1.54) is 7.11 Å². The van der Waals surface area contributed by atoms with Gasteiger partial charge in [-0.1, -0.05) is 18.2 Å². The lowest BCUT2D eigenvalue weighted by Gasteiger charge is -2.40. The molecule has 182 valence electrons. The van der Waals surface area contributed by atoms with E-state index in [9.17, 15) is 14.4 Å². The molecule has 1 fully saturated rings. The van der Waals surface area contributed by atoms with Crippen LogP contribution in [-0.2, 0) is 23.9 Å². The number of esters is 2. The summed E-state index contributed by atoms with van der Waals surface area (Å²) in [6.45, 7) is 4.72. The summed E-state index contributed by atoms with van der Waals surface area (Å²) in [7, 11) is 3.10. The molecule has 0 N–H and O–H groups in total. The van der Waals surface area contributed by atoms with E-state index in [0.717, 1.165) is 0 Å². The summed E-state index contributed by atoms with van der Waals surface area (Å²) in [5, 5.41) is 0. The van der Waals surface area contributed by atoms with E-state index in [2.05, 4.69) is 0 Å². The van der Waals surface area contributed by atoms with Crippen molar-refractivity contribution in [3.63, 3.8) is 0 Å². The van der Waals surface area contributed by atoms with Crippen LogP contribution in [0.25, 0.3) is 0 Å². The lowest BCUT2D eigenvalue weighted by atomic mass is 9.83. The second kappa shape index (κ2) is 10.6. The zero-order valence-corrected chi connectivity index (χ0v) is 20.2. The van der Waals surface area contributed by atoms with Gasteiger partial charge in [-0.05, 0) is 57.5 Å². The number of benzene rings is 2. The van der Waals surface area contributed by atoms with Crippen molar-refractivity contribution in [2.45, 2.75) is 45.3 Å². The predicted molar refractivity (Wildman–Crippen MR) is 126 cm³/mol. The molecule has 8 heteroatoms. The second-order valence-electron chi connectivity index (χ2n) is 8.99. The standard InChI is InChI=1S/C26H31NO7/c1-26(2,3)34-23(29)16-33-25(30)20-14-15-22(28)27(17-10-12-18(31-4)13-11-17)24(20)19-8-6-7-9-21(19)32-5/h6-13,20,24H,14-16H2,1-5H3. The van der Waals surface area contributed by atoms with Crippen molar-refractivity contribution in [3.05, 3.63) is 54.1 Å². The first-order valence-corrected chi connectivity index (χ1v) is 11.1. The minimum absolute atomic E-state index is 0.128. The molecule has 0 saturated carbocycles. The molecule has 2 aromatic carbocycles. The highest BCUT2D eigenvalue weighted by Gasteiger charge is 2.43. The maximum absolute atomic E-state index is 13.2. The molecule has 3 rings (SSSR count). The summed E-state index contributed by atoms with van der Waals surface area (Å²) in [5.74, 6) is -0.849. The van der Waals surface area contributed by atoms with Gasteiger partial charge < -0.3 is 23.8 Å². The van der Waals surface area contributed by atoms with Gasteiger partial charge in [-0.25, -0.2) is 4.79 Å². The number of anilines is 1. The zero-order valence-electron chi connectivity index (χ0n) is 20.2. The smallest absolute Gasteiger partial charge is 0.344 e. The van der Waals surface area contributed by atoms with Crippen LogP contribution in [-0.4, -0.2) is 44.3 Å². The van der Waals surface area contributed by atoms with E-state index >= 15 is 0 Å². The van der Waals surface area contributed by atoms with Crippen molar-refractivity contribution >= 4 is 23.5 Å². The highest BCUT2D eigenvalue weighted by atomic mass is 16.6. The third-order valence-electron chi connectivity index (χ3n) is 5.46. The molecule has 0 spiro atoms. The average molecular weight is 470 g/mol. The van der Waals surface area contributed by atoms with E-state index in [-0.39, 0.29) is 18.7 Å². The van der Waals surface area contributed by atoms with Gasteiger partial charge in [-0.15, -0.1) is 0 Å². The zero-order chi connectivity index (χ0) is 24.9. The van der Waals surface area contributed by atoms with E-state index in [4.69, 9.17) is 18.9 Å². The molecular weight excluding hydrogens is 438 g/mol. The van der Waals surface area contributed by atoms with E-state index < -0.39 is 36.1 Å². The fourth-order valence-electron chi connectivity index (χ4n) is 4.06. The number of nitrogens with zero attached hydrogens (tertiary/aromatic N) is 1. The largest absolute Gasteiger partial charge is 0.497 e. The normalized spacial score (nSPS) is 18.3. The van der Waals surface area contributed by atoms with E-state index in [1.54, 1.807) is 63.1 Å². The summed E-state index contributed by atoms with van der Waals surface area (Å²) in [4.78, 5) is 40.1. The summed E-state index contributed by atoms with van der Waals surface area (Å²) in [5.41, 5.74) is 0.603. The lowest BCUT2D eigenvalue weighted by molar-refractivity contribution is -0.169. The van der Waals surface area contributed by atoms with Crippen molar-refractivity contribution < 1.29 is 33.3 Å². The van der Waals surface area contributed by atoms with Gasteiger partial charge >= 0.3 is 11.9 Å². The number of methoxy groups -OCH3 is 2. The Hall–Kier alpha value is -3.55. The van der Waals surface area contributed by atoms with Crippen LogP contribution in [0.15, 0.2) is 48.5 Å². The van der Waals surface area contributed by atoms with Gasteiger partial charge in [-0.3, -0.25) is 9.59 Å². The number of amides is 1. The quantitative estimate of drug-likeness (QED) is 0.565. The SMILES string of the molecule is COc1ccc(N2C(=O)CCC(C(=O)OCC(=O)OC(C)(C)C)C2c2ccccc2OC)cc1. The van der Waals surface area contributed by atoms with Crippen molar-refractivity contribution in [2.75, 3.05) is 25.7 Å². The fraction of sp³-hybridized carbons (Fsp3) is 0.423. The van der Waals surface area contributed by atoms with Gasteiger partial charge in [0.25, 0.3) is 0 Å². The first-order chi connectivity index (χ1) is 16.1. The molecule has 0 radical (unpaired) electrons. The molecule has 2 atom stereocenters. The molecule has 2 aromatic rings. The van der Waals surface area contributed by atoms with Gasteiger partial charge in [0, 0.05) is 17.7 Å². The van der Waals surface area contributed by atoms with E-state index in [0.29, 0.717) is 22.7 Å². The Kier molecular flexibility index (Phi) is 7.81. The van der Waals surface area contributed by atoms with Crippen molar-refractivity contribution in [3.8, 4) is 11.5 Å². The Balaban J connectivity index is 1.96. The van der Waals surface area contributed by atoms with Crippen LogP contribution in [0.1, 0.15) is 45.2 Å². The Morgan fingerprint density at radius 2 is 1.68 bits per heavy atom. The molecule has 1 aliphatic heterocycles. The highest BCUT2D eigenvalue weighted by molar-refractivity contribution is 5.97. The Morgan fingerprint density at radius 1 is 1.00 bits per heavy atom. The van der Waals surface area contributed by atoms with E-state index in [1.807, 2.05) is 18.2 Å². The Morgan fingerprint density at radius 3 is 2.29 bits per heavy atom. The van der Waals surface area contributed by atoms with Crippen molar-refractivity contribution in [2.24, 2.45) is 5.92 Å². The molecule has 0 aromatic heterocycles. The minimum atomic E-state index is -0.710. The van der Waals surface area contributed by atoms with Crippen LogP contribution in [0.5, 0.6) is 11.5 Å². The first-order valence-electron chi connectivity index (χ1n) is 11.1. The minimum Gasteiger partial charge on any atom is -0.497 e. The van der Waals surface area contributed by atoms with Gasteiger partial charge in [0.2, 0.25) is 5.91 Å². The van der Waals surface area contributed by atoms with Gasteiger partial charge in [0.15, 0.2) is 6.61 Å². The number of rotatable bonds is 7.